The number of methoxy groups -OCH3 is 2. The van der Waals surface area contributed by atoms with Gasteiger partial charge in [-0.1, -0.05) is 36.5 Å². The molecule has 2 heterocycles. The molecule has 36 heavy (non-hydrogen) atoms. The summed E-state index contributed by atoms with van der Waals surface area (Å²) < 4.78 is 11.5. The number of carbonyl (C=O) groups is 2. The number of benzene rings is 3. The van der Waals surface area contributed by atoms with Crippen LogP contribution in [0.1, 0.15) is 29.7 Å². The number of fused-ring (bicyclic) bond motifs is 1. The molecule has 7 nitrogen and oxygen atoms in total. The van der Waals surface area contributed by atoms with E-state index in [2.05, 4.69) is 11.9 Å². The standard InChI is InChI=1S/C28H24N2O5S/c1-4-16-8-13-21-22(14-16)36-28(29-21)30-24(18-6-5-7-20(15-18)35-3)23(26(32)27(30)33)25(31)17-9-11-19(34-2)12-10-17/h5-15,24,31H,4H2,1-3H3/b25-23+/t24-/m0/s1. The summed E-state index contributed by atoms with van der Waals surface area (Å²) >= 11 is 1.34. The molecule has 1 aliphatic rings. The maximum Gasteiger partial charge on any atom is 0.301 e. The monoisotopic (exact) mass is 500 g/mol. The van der Waals surface area contributed by atoms with E-state index in [0.717, 1.165) is 22.2 Å². The fourth-order valence-corrected chi connectivity index (χ4v) is 5.40. The summed E-state index contributed by atoms with van der Waals surface area (Å²) in [6.07, 6.45) is 0.874. The number of rotatable bonds is 6. The summed E-state index contributed by atoms with van der Waals surface area (Å²) in [4.78, 5) is 32.9. The predicted octanol–water partition coefficient (Wildman–Crippen LogP) is 5.50. The first kappa shape index (κ1) is 23.6. The third-order valence-corrected chi connectivity index (χ3v) is 7.29. The minimum Gasteiger partial charge on any atom is -0.507 e. The zero-order valence-corrected chi connectivity index (χ0v) is 20.8. The Bertz CT molecular complexity index is 1510. The number of Topliss-reactive ketones (excluding diaryl/α,β-unsaturated/α-hetero) is 1. The fraction of sp³-hybridized carbons (Fsp3) is 0.179. The lowest BCUT2D eigenvalue weighted by Crippen LogP contribution is -2.29. The van der Waals surface area contributed by atoms with Gasteiger partial charge in [-0.05, 0) is 66.1 Å². The van der Waals surface area contributed by atoms with Gasteiger partial charge in [0.25, 0.3) is 5.78 Å². The van der Waals surface area contributed by atoms with Crippen LogP contribution in [0.15, 0.2) is 72.3 Å². The lowest BCUT2D eigenvalue weighted by Gasteiger charge is -2.23. The van der Waals surface area contributed by atoms with Crippen molar-refractivity contribution in [3.63, 3.8) is 0 Å². The van der Waals surface area contributed by atoms with Gasteiger partial charge in [-0.2, -0.15) is 0 Å². The van der Waals surface area contributed by atoms with Crippen LogP contribution in [0.25, 0.3) is 16.0 Å². The molecule has 5 rings (SSSR count). The second-order valence-electron chi connectivity index (χ2n) is 8.33. The van der Waals surface area contributed by atoms with Gasteiger partial charge >= 0.3 is 5.91 Å². The SMILES string of the molecule is CCc1ccc2nc(N3C(=O)C(=O)/C(=C(/O)c4ccc(OC)cc4)[C@@H]3c3cccc(OC)c3)sc2c1. The van der Waals surface area contributed by atoms with E-state index in [1.54, 1.807) is 62.8 Å². The van der Waals surface area contributed by atoms with Gasteiger partial charge in [0, 0.05) is 5.56 Å². The van der Waals surface area contributed by atoms with Gasteiger partial charge in [-0.25, -0.2) is 4.98 Å². The van der Waals surface area contributed by atoms with Gasteiger partial charge in [0.1, 0.15) is 17.3 Å². The normalized spacial score (nSPS) is 17.1. The van der Waals surface area contributed by atoms with E-state index in [0.29, 0.717) is 27.8 Å². The third kappa shape index (κ3) is 3.99. The lowest BCUT2D eigenvalue weighted by molar-refractivity contribution is -0.132. The average molecular weight is 501 g/mol. The molecular formula is C28H24N2O5S. The highest BCUT2D eigenvalue weighted by molar-refractivity contribution is 7.22. The van der Waals surface area contributed by atoms with E-state index in [1.165, 1.54) is 16.2 Å². The molecular weight excluding hydrogens is 476 g/mol. The van der Waals surface area contributed by atoms with Gasteiger partial charge in [-0.3, -0.25) is 14.5 Å². The molecule has 0 bridgehead atoms. The molecule has 0 saturated carbocycles. The number of ketones is 1. The Kier molecular flexibility index (Phi) is 6.20. The lowest BCUT2D eigenvalue weighted by atomic mass is 9.95. The number of aromatic nitrogens is 1. The van der Waals surface area contributed by atoms with Crippen LogP contribution in [0.2, 0.25) is 0 Å². The summed E-state index contributed by atoms with van der Waals surface area (Å²) in [6, 6.07) is 18.9. The maximum absolute atomic E-state index is 13.4. The Balaban J connectivity index is 1.71. The van der Waals surface area contributed by atoms with Crippen molar-refractivity contribution in [2.75, 3.05) is 19.1 Å². The quantitative estimate of drug-likeness (QED) is 0.214. The molecule has 1 fully saturated rings. The highest BCUT2D eigenvalue weighted by Crippen LogP contribution is 2.45. The summed E-state index contributed by atoms with van der Waals surface area (Å²) in [7, 11) is 3.09. The van der Waals surface area contributed by atoms with Crippen molar-refractivity contribution in [1.82, 2.24) is 4.98 Å². The zero-order chi connectivity index (χ0) is 25.4. The number of amides is 1. The Hall–Kier alpha value is -4.17. The van der Waals surface area contributed by atoms with Gasteiger partial charge in [0.05, 0.1) is 36.1 Å². The fourth-order valence-electron chi connectivity index (χ4n) is 4.34. The molecule has 1 atom stereocenters. The molecule has 1 amide bonds. The van der Waals surface area contributed by atoms with Crippen LogP contribution in [-0.2, 0) is 16.0 Å². The number of aryl methyl sites for hydroxylation is 1. The largest absolute Gasteiger partial charge is 0.507 e. The van der Waals surface area contributed by atoms with Crippen LogP contribution in [0.4, 0.5) is 5.13 Å². The molecule has 0 aliphatic carbocycles. The van der Waals surface area contributed by atoms with Crippen LogP contribution in [0.5, 0.6) is 11.5 Å². The van der Waals surface area contributed by atoms with Gasteiger partial charge in [0.15, 0.2) is 5.13 Å². The van der Waals surface area contributed by atoms with E-state index in [1.807, 2.05) is 18.2 Å². The van der Waals surface area contributed by atoms with Crippen molar-refractivity contribution in [1.29, 1.82) is 0 Å². The topological polar surface area (TPSA) is 89.0 Å². The van der Waals surface area contributed by atoms with Gasteiger partial charge < -0.3 is 14.6 Å². The second-order valence-corrected chi connectivity index (χ2v) is 9.34. The first-order valence-electron chi connectivity index (χ1n) is 11.4. The molecule has 8 heteroatoms. The van der Waals surface area contributed by atoms with E-state index in [-0.39, 0.29) is 11.3 Å². The minimum absolute atomic E-state index is 0.00748. The molecule has 1 saturated heterocycles. The smallest absolute Gasteiger partial charge is 0.301 e. The number of aliphatic hydroxyl groups excluding tert-OH is 1. The first-order valence-corrected chi connectivity index (χ1v) is 12.3. The van der Waals surface area contributed by atoms with Crippen molar-refractivity contribution in [2.45, 2.75) is 19.4 Å². The number of anilines is 1. The van der Waals surface area contributed by atoms with E-state index < -0.39 is 17.7 Å². The van der Waals surface area contributed by atoms with Crippen molar-refractivity contribution in [3.05, 3.63) is 89.0 Å². The Labute approximate surface area is 212 Å². The number of carbonyl (C=O) groups excluding carboxylic acids is 2. The van der Waals surface area contributed by atoms with Gasteiger partial charge in [-0.15, -0.1) is 0 Å². The summed E-state index contributed by atoms with van der Waals surface area (Å²) in [5, 5.41) is 11.7. The van der Waals surface area contributed by atoms with Crippen molar-refractivity contribution >= 4 is 44.1 Å². The molecule has 1 aromatic heterocycles. The van der Waals surface area contributed by atoms with E-state index in [4.69, 9.17) is 9.47 Å². The van der Waals surface area contributed by atoms with Crippen LogP contribution in [0.3, 0.4) is 0 Å². The van der Waals surface area contributed by atoms with Crippen molar-refractivity contribution < 1.29 is 24.2 Å². The van der Waals surface area contributed by atoms with Crippen molar-refractivity contribution in [2.24, 2.45) is 0 Å². The summed E-state index contributed by atoms with van der Waals surface area (Å²) in [5.74, 6) is -0.602. The first-order chi connectivity index (χ1) is 17.4. The highest BCUT2D eigenvalue weighted by Gasteiger charge is 2.48. The van der Waals surface area contributed by atoms with Gasteiger partial charge in [0.2, 0.25) is 0 Å². The third-order valence-electron chi connectivity index (χ3n) is 6.27. The average Bonchev–Trinajstić information content (AvgIpc) is 3.45. The summed E-state index contributed by atoms with van der Waals surface area (Å²) in [5.41, 5.74) is 2.92. The molecule has 182 valence electrons. The number of nitrogens with zero attached hydrogens (tertiary/aromatic N) is 2. The number of thiazole rings is 1. The number of aliphatic hydroxyl groups is 1. The van der Waals surface area contributed by atoms with Crippen LogP contribution in [-0.4, -0.2) is 36.0 Å². The Morgan fingerprint density at radius 2 is 1.75 bits per heavy atom. The van der Waals surface area contributed by atoms with E-state index in [9.17, 15) is 14.7 Å². The molecule has 3 aromatic carbocycles. The maximum atomic E-state index is 13.4. The highest BCUT2D eigenvalue weighted by atomic mass is 32.1. The minimum atomic E-state index is -0.881. The summed E-state index contributed by atoms with van der Waals surface area (Å²) in [6.45, 7) is 2.07. The number of hydrogen-bond acceptors (Lipinski definition) is 7. The second kappa shape index (κ2) is 9.47. The van der Waals surface area contributed by atoms with E-state index >= 15 is 0 Å². The Morgan fingerprint density at radius 3 is 2.44 bits per heavy atom. The van der Waals surface area contributed by atoms with Crippen molar-refractivity contribution in [3.8, 4) is 11.5 Å². The van der Waals surface area contributed by atoms with Crippen LogP contribution >= 0.6 is 11.3 Å². The molecule has 0 radical (unpaired) electrons. The predicted molar refractivity (Wildman–Crippen MR) is 140 cm³/mol. The van der Waals surface area contributed by atoms with Crippen LogP contribution in [0, 0.1) is 0 Å². The molecule has 1 N–H and O–H groups in total. The molecule has 0 spiro atoms. The zero-order valence-electron chi connectivity index (χ0n) is 20.0. The molecule has 0 unspecified atom stereocenters. The Morgan fingerprint density at radius 1 is 1.00 bits per heavy atom. The molecule has 1 aliphatic heterocycles. The molecule has 4 aromatic rings. The van der Waals surface area contributed by atoms with Crippen LogP contribution < -0.4 is 14.4 Å². The number of ether oxygens (including phenoxy) is 2. The number of hydrogen-bond donors (Lipinski definition) is 1.